The van der Waals surface area contributed by atoms with Gasteiger partial charge in [-0.2, -0.15) is 0 Å². The Labute approximate surface area is 134 Å². The largest absolute Gasteiger partial charge is 0.450 e. The average molecular weight is 326 g/mol. The highest BCUT2D eigenvalue weighted by Gasteiger charge is 2.10. The first-order valence-electron chi connectivity index (χ1n) is 7.03. The smallest absolute Gasteiger partial charge is 0.336 e. The lowest BCUT2D eigenvalue weighted by atomic mass is 10.2. The number of hydrogen-bond acceptors (Lipinski definition) is 4. The highest BCUT2D eigenvalue weighted by atomic mass is 32.2. The van der Waals surface area contributed by atoms with Crippen molar-refractivity contribution in [1.82, 2.24) is 0 Å². The van der Waals surface area contributed by atoms with E-state index in [0.717, 1.165) is 21.4 Å². The van der Waals surface area contributed by atoms with Gasteiger partial charge < -0.3 is 8.83 Å². The van der Waals surface area contributed by atoms with Gasteiger partial charge in [-0.1, -0.05) is 23.9 Å². The van der Waals surface area contributed by atoms with Crippen LogP contribution in [0.2, 0.25) is 0 Å². The van der Waals surface area contributed by atoms with E-state index in [-0.39, 0.29) is 11.4 Å². The quantitative estimate of drug-likeness (QED) is 0.394. The van der Waals surface area contributed by atoms with Gasteiger partial charge in [0.2, 0.25) is 0 Å². The summed E-state index contributed by atoms with van der Waals surface area (Å²) >= 11 is 1.51. The van der Waals surface area contributed by atoms with Crippen molar-refractivity contribution in [2.24, 2.45) is 0 Å². The molecule has 0 spiro atoms. The summed E-state index contributed by atoms with van der Waals surface area (Å²) in [5.41, 5.74) is 1.83. The summed E-state index contributed by atoms with van der Waals surface area (Å²) in [4.78, 5) is 11.4. The summed E-state index contributed by atoms with van der Waals surface area (Å²) in [6.07, 6.45) is 0. The van der Waals surface area contributed by atoms with E-state index in [1.807, 2.05) is 18.2 Å². The molecule has 23 heavy (non-hydrogen) atoms. The van der Waals surface area contributed by atoms with Crippen molar-refractivity contribution in [3.05, 3.63) is 76.4 Å². The minimum atomic E-state index is -0.383. The standard InChI is InChI=1S/C18H11FO3S/c19-13-5-1-11(2-6-13)10-23-17-9-14-15(21-17)7-3-12-4-8-16(20)22-18(12)14/h1-9H,10H2. The van der Waals surface area contributed by atoms with Crippen LogP contribution in [0, 0.1) is 5.82 Å². The first kappa shape index (κ1) is 14.1. The van der Waals surface area contributed by atoms with E-state index >= 15 is 0 Å². The van der Waals surface area contributed by atoms with Gasteiger partial charge in [0.25, 0.3) is 0 Å². The Hall–Kier alpha value is -2.53. The minimum absolute atomic E-state index is 0.246. The first-order valence-corrected chi connectivity index (χ1v) is 8.01. The fraction of sp³-hybridized carbons (Fsp3) is 0.0556. The van der Waals surface area contributed by atoms with Crippen LogP contribution in [0.15, 0.2) is 73.3 Å². The number of rotatable bonds is 3. The van der Waals surface area contributed by atoms with Crippen LogP contribution in [0.4, 0.5) is 4.39 Å². The summed E-state index contributed by atoms with van der Waals surface area (Å²) < 4.78 is 24.0. The van der Waals surface area contributed by atoms with Crippen molar-refractivity contribution in [1.29, 1.82) is 0 Å². The van der Waals surface area contributed by atoms with Crippen LogP contribution in [0.5, 0.6) is 0 Å². The molecular weight excluding hydrogens is 315 g/mol. The van der Waals surface area contributed by atoms with Crippen molar-refractivity contribution in [2.75, 3.05) is 0 Å². The first-order chi connectivity index (χ1) is 11.2. The summed E-state index contributed by atoms with van der Waals surface area (Å²) in [5.74, 6) is 0.422. The van der Waals surface area contributed by atoms with Gasteiger partial charge in [-0.25, -0.2) is 9.18 Å². The molecule has 4 aromatic rings. The molecule has 0 atom stereocenters. The normalized spacial score (nSPS) is 11.3. The van der Waals surface area contributed by atoms with E-state index in [9.17, 15) is 9.18 Å². The van der Waals surface area contributed by atoms with E-state index in [0.29, 0.717) is 16.9 Å². The van der Waals surface area contributed by atoms with Gasteiger partial charge in [0.1, 0.15) is 17.0 Å². The molecule has 2 heterocycles. The molecule has 0 radical (unpaired) electrons. The van der Waals surface area contributed by atoms with Crippen molar-refractivity contribution in [3.8, 4) is 0 Å². The molecule has 0 unspecified atom stereocenters. The number of furan rings is 1. The third-order valence-electron chi connectivity index (χ3n) is 3.56. The Morgan fingerprint density at radius 1 is 0.957 bits per heavy atom. The minimum Gasteiger partial charge on any atom is -0.450 e. The zero-order chi connectivity index (χ0) is 15.8. The molecule has 0 fully saturated rings. The Kier molecular flexibility index (Phi) is 3.42. The lowest BCUT2D eigenvalue weighted by Gasteiger charge is -1.98. The third-order valence-corrected chi connectivity index (χ3v) is 4.52. The fourth-order valence-corrected chi connectivity index (χ4v) is 3.27. The average Bonchev–Trinajstić information content (AvgIpc) is 2.98. The Balaban J connectivity index is 1.68. The summed E-state index contributed by atoms with van der Waals surface area (Å²) in [6, 6.07) is 15.1. The molecule has 0 amide bonds. The molecule has 0 saturated heterocycles. The van der Waals surface area contributed by atoms with Gasteiger partial charge in [0.05, 0.1) is 5.39 Å². The predicted molar refractivity (Wildman–Crippen MR) is 88.2 cm³/mol. The van der Waals surface area contributed by atoms with Crippen molar-refractivity contribution in [2.45, 2.75) is 10.8 Å². The van der Waals surface area contributed by atoms with Gasteiger partial charge in [-0.05, 0) is 35.9 Å². The van der Waals surface area contributed by atoms with Gasteiger partial charge in [-0.3, -0.25) is 0 Å². The van der Waals surface area contributed by atoms with Crippen LogP contribution < -0.4 is 5.63 Å². The molecule has 0 saturated carbocycles. The Morgan fingerprint density at radius 3 is 2.57 bits per heavy atom. The molecule has 3 nitrogen and oxygen atoms in total. The highest BCUT2D eigenvalue weighted by molar-refractivity contribution is 7.98. The SMILES string of the molecule is O=c1ccc2ccc3oc(SCc4ccc(F)cc4)cc3c2o1. The van der Waals surface area contributed by atoms with E-state index in [1.54, 1.807) is 18.2 Å². The third kappa shape index (κ3) is 2.75. The van der Waals surface area contributed by atoms with Gasteiger partial charge in [0.15, 0.2) is 5.09 Å². The van der Waals surface area contributed by atoms with Crippen LogP contribution in [0.3, 0.4) is 0 Å². The van der Waals surface area contributed by atoms with Crippen LogP contribution in [-0.4, -0.2) is 0 Å². The molecule has 0 aliphatic carbocycles. The van der Waals surface area contributed by atoms with E-state index < -0.39 is 0 Å². The molecule has 2 aromatic carbocycles. The van der Waals surface area contributed by atoms with Crippen molar-refractivity contribution >= 4 is 33.7 Å². The Morgan fingerprint density at radius 2 is 1.74 bits per heavy atom. The molecule has 114 valence electrons. The molecule has 5 heteroatoms. The lowest BCUT2D eigenvalue weighted by Crippen LogP contribution is -1.93. The highest BCUT2D eigenvalue weighted by Crippen LogP contribution is 2.33. The monoisotopic (exact) mass is 326 g/mol. The molecule has 0 aliphatic rings. The molecule has 2 aromatic heterocycles. The number of fused-ring (bicyclic) bond motifs is 3. The van der Waals surface area contributed by atoms with Gasteiger partial charge >= 0.3 is 5.63 Å². The summed E-state index contributed by atoms with van der Waals surface area (Å²) in [5, 5.41) is 2.36. The zero-order valence-corrected chi connectivity index (χ0v) is 12.7. The van der Waals surface area contributed by atoms with E-state index in [2.05, 4.69) is 0 Å². The topological polar surface area (TPSA) is 43.4 Å². The second-order valence-electron chi connectivity index (χ2n) is 5.13. The number of benzene rings is 2. The predicted octanol–water partition coefficient (Wildman–Crippen LogP) is 4.97. The number of hydrogen-bond donors (Lipinski definition) is 0. The van der Waals surface area contributed by atoms with Crippen molar-refractivity contribution in [3.63, 3.8) is 0 Å². The molecule has 4 rings (SSSR count). The molecule has 0 N–H and O–H groups in total. The van der Waals surface area contributed by atoms with Gasteiger partial charge in [-0.15, -0.1) is 0 Å². The number of halogens is 1. The second kappa shape index (κ2) is 5.59. The van der Waals surface area contributed by atoms with Crippen LogP contribution >= 0.6 is 11.8 Å². The molecule has 0 bridgehead atoms. The van der Waals surface area contributed by atoms with Crippen molar-refractivity contribution < 1.29 is 13.2 Å². The summed E-state index contributed by atoms with van der Waals surface area (Å²) in [7, 11) is 0. The van der Waals surface area contributed by atoms with Crippen LogP contribution in [0.25, 0.3) is 21.9 Å². The number of thioether (sulfide) groups is 1. The lowest BCUT2D eigenvalue weighted by molar-refractivity contribution is 0.515. The Bertz CT molecular complexity index is 1050. The molecule has 0 aliphatic heterocycles. The maximum Gasteiger partial charge on any atom is 0.336 e. The maximum atomic E-state index is 12.9. The fourth-order valence-electron chi connectivity index (χ4n) is 2.42. The summed E-state index contributed by atoms with van der Waals surface area (Å²) in [6.45, 7) is 0. The maximum absolute atomic E-state index is 12.9. The van der Waals surface area contributed by atoms with E-state index in [1.165, 1.54) is 30.0 Å². The van der Waals surface area contributed by atoms with E-state index in [4.69, 9.17) is 8.83 Å². The van der Waals surface area contributed by atoms with Crippen LogP contribution in [-0.2, 0) is 5.75 Å². The zero-order valence-electron chi connectivity index (χ0n) is 11.9. The second-order valence-corrected chi connectivity index (χ2v) is 6.11. The van der Waals surface area contributed by atoms with Gasteiger partial charge in [0, 0.05) is 23.3 Å². The molecular formula is C18H11FO3S. The van der Waals surface area contributed by atoms with Crippen LogP contribution in [0.1, 0.15) is 5.56 Å².